The number of nitrogens with zero attached hydrogens (tertiary/aromatic N) is 2. The summed E-state index contributed by atoms with van der Waals surface area (Å²) in [6.45, 7) is 5.89. The second kappa shape index (κ2) is 6.87. The third-order valence-electron chi connectivity index (χ3n) is 3.99. The number of carbonyl (C=O) groups is 1. The van der Waals surface area contributed by atoms with Crippen LogP contribution in [0, 0.1) is 5.82 Å². The molecule has 0 spiro atoms. The number of piperazine rings is 1. The SMILES string of the molecule is CC1CN(CCC(=O)Nc2ccc(F)cc2N)CCN1C. The molecular weight excluding hydrogens is 271 g/mol. The van der Waals surface area contributed by atoms with Crippen molar-refractivity contribution in [3.05, 3.63) is 24.0 Å². The first kappa shape index (κ1) is 15.7. The maximum atomic E-state index is 12.9. The van der Waals surface area contributed by atoms with Gasteiger partial charge in [0.1, 0.15) is 5.82 Å². The van der Waals surface area contributed by atoms with Crippen LogP contribution in [0.2, 0.25) is 0 Å². The molecule has 6 heteroatoms. The smallest absolute Gasteiger partial charge is 0.225 e. The molecule has 21 heavy (non-hydrogen) atoms. The molecule has 0 aliphatic carbocycles. The first-order valence-corrected chi connectivity index (χ1v) is 7.23. The number of halogens is 1. The summed E-state index contributed by atoms with van der Waals surface area (Å²) in [6, 6.07) is 4.49. The fraction of sp³-hybridized carbons (Fsp3) is 0.533. The molecule has 0 saturated carbocycles. The minimum Gasteiger partial charge on any atom is -0.397 e. The van der Waals surface area contributed by atoms with Gasteiger partial charge in [-0.15, -0.1) is 0 Å². The lowest BCUT2D eigenvalue weighted by Crippen LogP contribution is -2.50. The number of benzene rings is 1. The zero-order valence-corrected chi connectivity index (χ0v) is 12.6. The molecule has 1 aromatic rings. The van der Waals surface area contributed by atoms with Gasteiger partial charge in [0.05, 0.1) is 11.4 Å². The molecule has 1 aromatic carbocycles. The third kappa shape index (κ3) is 4.41. The molecule has 116 valence electrons. The molecule has 3 N–H and O–H groups in total. The van der Waals surface area contributed by atoms with Crippen molar-refractivity contribution in [2.45, 2.75) is 19.4 Å². The van der Waals surface area contributed by atoms with Gasteiger partial charge < -0.3 is 20.9 Å². The second-order valence-electron chi connectivity index (χ2n) is 5.66. The average Bonchev–Trinajstić information content (AvgIpc) is 2.43. The Kier molecular flexibility index (Phi) is 5.14. The van der Waals surface area contributed by atoms with Gasteiger partial charge in [-0.25, -0.2) is 4.39 Å². The van der Waals surface area contributed by atoms with Gasteiger partial charge in [0.15, 0.2) is 0 Å². The van der Waals surface area contributed by atoms with Crippen LogP contribution in [0.1, 0.15) is 13.3 Å². The largest absolute Gasteiger partial charge is 0.397 e. The highest BCUT2D eigenvalue weighted by Gasteiger charge is 2.20. The van der Waals surface area contributed by atoms with Crippen molar-refractivity contribution >= 4 is 17.3 Å². The lowest BCUT2D eigenvalue weighted by atomic mass is 10.2. The highest BCUT2D eigenvalue weighted by atomic mass is 19.1. The number of rotatable bonds is 4. The zero-order chi connectivity index (χ0) is 15.4. The summed E-state index contributed by atoms with van der Waals surface area (Å²) in [5.74, 6) is -0.503. The van der Waals surface area contributed by atoms with Crippen molar-refractivity contribution in [1.82, 2.24) is 9.80 Å². The predicted molar refractivity (Wildman–Crippen MR) is 82.6 cm³/mol. The average molecular weight is 294 g/mol. The molecule has 0 radical (unpaired) electrons. The molecule has 1 unspecified atom stereocenters. The summed E-state index contributed by atoms with van der Waals surface area (Å²) in [5.41, 5.74) is 6.38. The number of hydrogen-bond donors (Lipinski definition) is 2. The van der Waals surface area contributed by atoms with Crippen LogP contribution in [0.3, 0.4) is 0 Å². The number of anilines is 2. The van der Waals surface area contributed by atoms with Gasteiger partial charge in [-0.1, -0.05) is 0 Å². The van der Waals surface area contributed by atoms with Crippen LogP contribution in [0.4, 0.5) is 15.8 Å². The Labute approximate surface area is 124 Å². The molecular formula is C15H23FN4O. The van der Waals surface area contributed by atoms with Gasteiger partial charge in [-0.3, -0.25) is 4.79 Å². The van der Waals surface area contributed by atoms with E-state index in [2.05, 4.69) is 29.1 Å². The van der Waals surface area contributed by atoms with Crippen molar-refractivity contribution in [1.29, 1.82) is 0 Å². The number of nitrogen functional groups attached to an aromatic ring is 1. The summed E-state index contributed by atoms with van der Waals surface area (Å²) >= 11 is 0. The van der Waals surface area contributed by atoms with E-state index >= 15 is 0 Å². The predicted octanol–water partition coefficient (Wildman–Crippen LogP) is 1.37. The van der Waals surface area contributed by atoms with E-state index in [-0.39, 0.29) is 11.6 Å². The van der Waals surface area contributed by atoms with Gasteiger partial charge in [0, 0.05) is 38.6 Å². The van der Waals surface area contributed by atoms with Crippen LogP contribution in [-0.4, -0.2) is 55.0 Å². The van der Waals surface area contributed by atoms with Crippen LogP contribution in [0.15, 0.2) is 18.2 Å². The van der Waals surface area contributed by atoms with Gasteiger partial charge >= 0.3 is 0 Å². The lowest BCUT2D eigenvalue weighted by molar-refractivity contribution is -0.116. The Bertz CT molecular complexity index is 508. The van der Waals surface area contributed by atoms with E-state index in [1.807, 2.05) is 0 Å². The highest BCUT2D eigenvalue weighted by Crippen LogP contribution is 2.19. The van der Waals surface area contributed by atoms with E-state index in [0.29, 0.717) is 18.2 Å². The summed E-state index contributed by atoms with van der Waals surface area (Å²) in [4.78, 5) is 16.5. The summed E-state index contributed by atoms with van der Waals surface area (Å²) < 4.78 is 12.9. The molecule has 0 bridgehead atoms. The number of carbonyl (C=O) groups excluding carboxylic acids is 1. The van der Waals surface area contributed by atoms with Crippen molar-refractivity contribution in [3.8, 4) is 0 Å². The molecule has 2 rings (SSSR count). The monoisotopic (exact) mass is 294 g/mol. The second-order valence-corrected chi connectivity index (χ2v) is 5.66. The number of likely N-dealkylation sites (N-methyl/N-ethyl adjacent to an activating group) is 1. The lowest BCUT2D eigenvalue weighted by Gasteiger charge is -2.37. The van der Waals surface area contributed by atoms with Crippen molar-refractivity contribution < 1.29 is 9.18 Å². The molecule has 0 aromatic heterocycles. The van der Waals surface area contributed by atoms with Crippen molar-refractivity contribution in [3.63, 3.8) is 0 Å². The summed E-state index contributed by atoms with van der Waals surface area (Å²) in [5, 5.41) is 2.73. The first-order chi connectivity index (χ1) is 9.95. The summed E-state index contributed by atoms with van der Waals surface area (Å²) in [6.07, 6.45) is 0.410. The van der Waals surface area contributed by atoms with E-state index < -0.39 is 5.82 Å². The molecule has 1 aliphatic heterocycles. The Morgan fingerprint density at radius 2 is 2.24 bits per heavy atom. The van der Waals surface area contributed by atoms with Crippen molar-refractivity contribution in [2.24, 2.45) is 0 Å². The van der Waals surface area contributed by atoms with Crippen molar-refractivity contribution in [2.75, 3.05) is 44.3 Å². The maximum absolute atomic E-state index is 12.9. The fourth-order valence-electron chi connectivity index (χ4n) is 2.45. The van der Waals surface area contributed by atoms with E-state index in [0.717, 1.165) is 26.2 Å². The van der Waals surface area contributed by atoms with E-state index in [4.69, 9.17) is 5.73 Å². The molecule has 1 amide bonds. The Hall–Kier alpha value is -1.66. The molecule has 1 aliphatic rings. The minimum atomic E-state index is -0.406. The van der Waals surface area contributed by atoms with Gasteiger partial charge in [-0.2, -0.15) is 0 Å². The third-order valence-corrected chi connectivity index (χ3v) is 3.99. The first-order valence-electron chi connectivity index (χ1n) is 7.23. The topological polar surface area (TPSA) is 61.6 Å². The molecule has 5 nitrogen and oxygen atoms in total. The van der Waals surface area contributed by atoms with E-state index in [9.17, 15) is 9.18 Å². The highest BCUT2D eigenvalue weighted by molar-refractivity contribution is 5.93. The molecule has 1 saturated heterocycles. The van der Waals surface area contributed by atoms with E-state index in [1.165, 1.54) is 18.2 Å². The molecule has 1 atom stereocenters. The van der Waals surface area contributed by atoms with Crippen LogP contribution >= 0.6 is 0 Å². The minimum absolute atomic E-state index is 0.0973. The Morgan fingerprint density at radius 3 is 2.90 bits per heavy atom. The van der Waals surface area contributed by atoms with Gasteiger partial charge in [0.2, 0.25) is 5.91 Å². The Morgan fingerprint density at radius 1 is 1.48 bits per heavy atom. The zero-order valence-electron chi connectivity index (χ0n) is 12.6. The maximum Gasteiger partial charge on any atom is 0.225 e. The van der Waals surface area contributed by atoms with Crippen LogP contribution in [0.5, 0.6) is 0 Å². The molecule has 1 heterocycles. The van der Waals surface area contributed by atoms with E-state index in [1.54, 1.807) is 0 Å². The number of nitrogens with one attached hydrogen (secondary N) is 1. The quantitative estimate of drug-likeness (QED) is 0.824. The van der Waals surface area contributed by atoms with Crippen LogP contribution < -0.4 is 11.1 Å². The molecule has 1 fully saturated rings. The number of hydrogen-bond acceptors (Lipinski definition) is 4. The van der Waals surface area contributed by atoms with Crippen LogP contribution in [0.25, 0.3) is 0 Å². The van der Waals surface area contributed by atoms with Crippen LogP contribution in [-0.2, 0) is 4.79 Å². The number of amides is 1. The number of nitrogens with two attached hydrogens (primary N) is 1. The summed E-state index contributed by atoms with van der Waals surface area (Å²) in [7, 11) is 2.12. The normalized spacial score (nSPS) is 20.4. The standard InChI is InChI=1S/C15H23FN4O/c1-11-10-20(8-7-19(11)2)6-5-15(21)18-14-4-3-12(16)9-13(14)17/h3-4,9,11H,5-8,10,17H2,1-2H3,(H,18,21). The van der Waals surface area contributed by atoms with Gasteiger partial charge in [0.25, 0.3) is 0 Å². The fourth-order valence-corrected chi connectivity index (χ4v) is 2.45. The van der Waals surface area contributed by atoms with Gasteiger partial charge in [-0.05, 0) is 32.2 Å². The Balaban J connectivity index is 1.80.